The molecule has 0 aliphatic rings. The van der Waals surface area contributed by atoms with E-state index >= 15 is 0 Å². The van der Waals surface area contributed by atoms with E-state index in [1.165, 1.54) is 6.08 Å². The highest BCUT2D eigenvalue weighted by Crippen LogP contribution is 2.33. The summed E-state index contributed by atoms with van der Waals surface area (Å²) in [5.74, 6) is -0.440. The Labute approximate surface area is 160 Å². The van der Waals surface area contributed by atoms with Gasteiger partial charge in [-0.1, -0.05) is 37.6 Å². The van der Waals surface area contributed by atoms with Crippen molar-refractivity contribution in [3.05, 3.63) is 53.8 Å². The lowest BCUT2D eigenvalue weighted by Gasteiger charge is -2.14. The number of rotatable bonds is 10. The summed E-state index contributed by atoms with van der Waals surface area (Å²) in [4.78, 5) is 11.3. The number of anilines is 1. The largest absolute Gasteiger partial charge is 0.493 e. The van der Waals surface area contributed by atoms with E-state index in [0.29, 0.717) is 13.2 Å². The van der Waals surface area contributed by atoms with Crippen LogP contribution in [0.15, 0.2) is 48.2 Å². The Kier molecular flexibility index (Phi) is 7.74. The highest BCUT2D eigenvalue weighted by atomic mass is 16.5. The minimum atomic E-state index is -1.09. The number of hydrogen-bond acceptors (Lipinski definition) is 4. The lowest BCUT2D eigenvalue weighted by molar-refractivity contribution is -0.136. The van der Waals surface area contributed by atoms with E-state index in [2.05, 4.69) is 18.3 Å². The van der Waals surface area contributed by atoms with Gasteiger partial charge in [-0.05, 0) is 48.7 Å². The quantitative estimate of drug-likeness (QED) is 0.349. The van der Waals surface area contributed by atoms with Crippen molar-refractivity contribution in [2.75, 3.05) is 25.6 Å². The Hall–Kier alpha value is -2.95. The highest BCUT2D eigenvalue weighted by Gasteiger charge is 2.11. The van der Waals surface area contributed by atoms with Gasteiger partial charge in [0, 0.05) is 18.3 Å². The minimum Gasteiger partial charge on any atom is -0.493 e. The van der Waals surface area contributed by atoms with Crippen molar-refractivity contribution in [3.8, 4) is 16.9 Å². The average molecular weight is 369 g/mol. The highest BCUT2D eigenvalue weighted by molar-refractivity contribution is 5.90. The fourth-order valence-corrected chi connectivity index (χ4v) is 2.63. The van der Waals surface area contributed by atoms with Crippen LogP contribution in [0.5, 0.6) is 5.75 Å². The van der Waals surface area contributed by atoms with Crippen LogP contribution < -0.4 is 10.1 Å². The van der Waals surface area contributed by atoms with Gasteiger partial charge in [-0.2, -0.15) is 0 Å². The Bertz CT molecular complexity index is 799. The van der Waals surface area contributed by atoms with Gasteiger partial charge < -0.3 is 19.9 Å². The maximum absolute atomic E-state index is 11.3. The fraction of sp³-hybridized carbons (Fsp3) is 0.318. The molecule has 5 heteroatoms. The SMILES string of the molecule is CCCCOc1cc(/C=C(\OCC)C(=O)O)ccc1-c1cccc(NC)c1. The van der Waals surface area contributed by atoms with E-state index < -0.39 is 5.97 Å². The molecule has 0 spiro atoms. The molecule has 0 saturated heterocycles. The molecule has 2 aromatic rings. The summed E-state index contributed by atoms with van der Waals surface area (Å²) in [7, 11) is 1.88. The molecule has 144 valence electrons. The first-order valence-corrected chi connectivity index (χ1v) is 9.21. The number of carbonyl (C=O) groups is 1. The maximum atomic E-state index is 11.3. The van der Waals surface area contributed by atoms with E-state index in [1.54, 1.807) is 6.92 Å². The summed E-state index contributed by atoms with van der Waals surface area (Å²) in [6, 6.07) is 13.8. The second-order valence-electron chi connectivity index (χ2n) is 6.04. The molecule has 0 aliphatic heterocycles. The topological polar surface area (TPSA) is 67.8 Å². The third kappa shape index (κ3) is 5.78. The van der Waals surface area contributed by atoms with Crippen LogP contribution in [0.4, 0.5) is 5.69 Å². The molecule has 5 nitrogen and oxygen atoms in total. The number of aliphatic carboxylic acids is 1. The zero-order valence-electron chi connectivity index (χ0n) is 16.1. The van der Waals surface area contributed by atoms with Crippen LogP contribution in [0.1, 0.15) is 32.3 Å². The number of hydrogen-bond donors (Lipinski definition) is 2. The van der Waals surface area contributed by atoms with Gasteiger partial charge in [0.1, 0.15) is 5.75 Å². The van der Waals surface area contributed by atoms with Gasteiger partial charge in [0.15, 0.2) is 0 Å². The summed E-state index contributed by atoms with van der Waals surface area (Å²) < 4.78 is 11.2. The molecule has 0 heterocycles. The van der Waals surface area contributed by atoms with Crippen LogP contribution in [0.3, 0.4) is 0 Å². The molecule has 2 aromatic carbocycles. The van der Waals surface area contributed by atoms with Crippen LogP contribution in [0, 0.1) is 0 Å². The summed E-state index contributed by atoms with van der Waals surface area (Å²) >= 11 is 0. The first-order valence-electron chi connectivity index (χ1n) is 9.21. The second kappa shape index (κ2) is 10.3. The number of carboxylic acids is 1. The molecule has 0 fully saturated rings. The lowest BCUT2D eigenvalue weighted by Crippen LogP contribution is -2.04. The Balaban J connectivity index is 2.44. The number of ether oxygens (including phenoxy) is 2. The van der Waals surface area contributed by atoms with Crippen LogP contribution >= 0.6 is 0 Å². The van der Waals surface area contributed by atoms with Crippen molar-refractivity contribution < 1.29 is 19.4 Å². The van der Waals surface area contributed by atoms with Crippen molar-refractivity contribution in [1.29, 1.82) is 0 Å². The zero-order valence-corrected chi connectivity index (χ0v) is 16.1. The summed E-state index contributed by atoms with van der Waals surface area (Å²) in [6.07, 6.45) is 3.51. The standard InChI is InChI=1S/C22H27NO4/c1-4-6-12-27-20-13-16(14-21(22(24)25)26-5-2)10-11-19(20)17-8-7-9-18(15-17)23-3/h7-11,13-15,23H,4-6,12H2,1-3H3,(H,24,25)/b21-14-. The third-order valence-corrected chi connectivity index (χ3v) is 4.03. The van der Waals surface area contributed by atoms with Crippen molar-refractivity contribution in [3.63, 3.8) is 0 Å². The summed E-state index contributed by atoms with van der Waals surface area (Å²) in [6.45, 7) is 4.78. The second-order valence-corrected chi connectivity index (χ2v) is 6.04. The van der Waals surface area contributed by atoms with E-state index in [-0.39, 0.29) is 5.76 Å². The molecule has 0 amide bonds. The van der Waals surface area contributed by atoms with Crippen molar-refractivity contribution in [1.82, 2.24) is 0 Å². The molecule has 0 atom stereocenters. The number of benzene rings is 2. The van der Waals surface area contributed by atoms with Gasteiger partial charge in [-0.25, -0.2) is 4.79 Å². The summed E-state index contributed by atoms with van der Waals surface area (Å²) in [5.41, 5.74) is 3.74. The number of nitrogens with one attached hydrogen (secondary N) is 1. The zero-order chi connectivity index (χ0) is 19.6. The van der Waals surface area contributed by atoms with Gasteiger partial charge in [0.2, 0.25) is 5.76 Å². The predicted molar refractivity (Wildman–Crippen MR) is 109 cm³/mol. The maximum Gasteiger partial charge on any atom is 0.371 e. The van der Waals surface area contributed by atoms with Gasteiger partial charge in [-0.3, -0.25) is 0 Å². The third-order valence-electron chi connectivity index (χ3n) is 4.03. The van der Waals surface area contributed by atoms with Gasteiger partial charge in [0.25, 0.3) is 0 Å². The molecule has 2 N–H and O–H groups in total. The molecular weight excluding hydrogens is 342 g/mol. The lowest BCUT2D eigenvalue weighted by atomic mass is 10.0. The first kappa shape index (κ1) is 20.4. The molecular formula is C22H27NO4. The van der Waals surface area contributed by atoms with Crippen molar-refractivity contribution >= 4 is 17.7 Å². The smallest absolute Gasteiger partial charge is 0.371 e. The molecule has 0 aromatic heterocycles. The van der Waals surface area contributed by atoms with E-state index in [1.807, 2.05) is 43.4 Å². The molecule has 0 aliphatic carbocycles. The molecule has 2 rings (SSSR count). The van der Waals surface area contributed by atoms with Crippen LogP contribution in [0.25, 0.3) is 17.2 Å². The van der Waals surface area contributed by atoms with Crippen LogP contribution in [-0.2, 0) is 9.53 Å². The van der Waals surface area contributed by atoms with Gasteiger partial charge in [-0.15, -0.1) is 0 Å². The normalized spacial score (nSPS) is 11.1. The van der Waals surface area contributed by atoms with Crippen molar-refractivity contribution in [2.45, 2.75) is 26.7 Å². The predicted octanol–water partition coefficient (Wildman–Crippen LogP) is 5.04. The van der Waals surface area contributed by atoms with Gasteiger partial charge in [0.05, 0.1) is 13.2 Å². The molecule has 0 bridgehead atoms. The monoisotopic (exact) mass is 369 g/mol. The van der Waals surface area contributed by atoms with E-state index in [0.717, 1.165) is 41.0 Å². The fourth-order valence-electron chi connectivity index (χ4n) is 2.63. The first-order chi connectivity index (χ1) is 13.1. The number of carboxylic acid groups (broad SMARTS) is 1. The van der Waals surface area contributed by atoms with E-state index in [4.69, 9.17) is 9.47 Å². The molecule has 27 heavy (non-hydrogen) atoms. The summed E-state index contributed by atoms with van der Waals surface area (Å²) in [5, 5.41) is 12.4. The van der Waals surface area contributed by atoms with Crippen LogP contribution in [0.2, 0.25) is 0 Å². The minimum absolute atomic E-state index is 0.0815. The Morgan fingerprint density at radius 1 is 1.19 bits per heavy atom. The van der Waals surface area contributed by atoms with Gasteiger partial charge >= 0.3 is 5.97 Å². The van der Waals surface area contributed by atoms with Crippen molar-refractivity contribution in [2.24, 2.45) is 0 Å². The number of unbranched alkanes of at least 4 members (excludes halogenated alkanes) is 1. The molecule has 0 radical (unpaired) electrons. The van der Waals surface area contributed by atoms with E-state index in [9.17, 15) is 9.90 Å². The van der Waals surface area contributed by atoms with Crippen LogP contribution in [-0.4, -0.2) is 31.3 Å². The average Bonchev–Trinajstić information content (AvgIpc) is 2.68. The molecule has 0 saturated carbocycles. The Morgan fingerprint density at radius 3 is 2.67 bits per heavy atom. The Morgan fingerprint density at radius 2 is 2.00 bits per heavy atom. The molecule has 0 unspecified atom stereocenters.